The largest absolute Gasteiger partial charge is 0.391 e. The van der Waals surface area contributed by atoms with Crippen LogP contribution in [0.2, 0.25) is 6.04 Å². The Morgan fingerprint density at radius 1 is 1.04 bits per heavy atom. The van der Waals surface area contributed by atoms with E-state index in [1.54, 1.807) is 0 Å². The van der Waals surface area contributed by atoms with E-state index in [1.807, 2.05) is 19.9 Å². The fourth-order valence-electron chi connectivity index (χ4n) is 3.13. The average molecular weight is 353 g/mol. The van der Waals surface area contributed by atoms with E-state index in [-0.39, 0.29) is 5.41 Å². The van der Waals surface area contributed by atoms with E-state index in [0.717, 1.165) is 45.3 Å². The molecule has 4 nitrogen and oxygen atoms in total. The van der Waals surface area contributed by atoms with Gasteiger partial charge in [-0.25, -0.2) is 0 Å². The van der Waals surface area contributed by atoms with E-state index in [1.165, 1.54) is 5.19 Å². The summed E-state index contributed by atoms with van der Waals surface area (Å²) in [4.78, 5) is 0. The summed E-state index contributed by atoms with van der Waals surface area (Å²) in [6.45, 7) is 10.9. The Labute approximate surface area is 147 Å². The Bertz CT molecular complexity index is 450. The molecule has 0 spiro atoms. The van der Waals surface area contributed by atoms with Crippen LogP contribution in [0.15, 0.2) is 30.3 Å². The van der Waals surface area contributed by atoms with E-state index >= 15 is 0 Å². The average Bonchev–Trinajstić information content (AvgIpc) is 2.58. The smallest absolute Gasteiger partial charge is 0.372 e. The number of benzene rings is 1. The molecular weight excluding hydrogens is 320 g/mol. The van der Waals surface area contributed by atoms with Crippen molar-refractivity contribution < 1.29 is 18.3 Å². The van der Waals surface area contributed by atoms with E-state index in [4.69, 9.17) is 18.3 Å². The predicted molar refractivity (Wildman–Crippen MR) is 98.9 cm³/mol. The zero-order valence-corrected chi connectivity index (χ0v) is 16.4. The minimum absolute atomic E-state index is 0.258. The third kappa shape index (κ3) is 4.89. The lowest BCUT2D eigenvalue weighted by atomic mass is 9.84. The van der Waals surface area contributed by atoms with Crippen LogP contribution in [-0.4, -0.2) is 48.2 Å². The van der Waals surface area contributed by atoms with Gasteiger partial charge < -0.3 is 18.3 Å². The van der Waals surface area contributed by atoms with Crippen molar-refractivity contribution in [3.8, 4) is 0 Å². The van der Waals surface area contributed by atoms with Crippen molar-refractivity contribution in [1.82, 2.24) is 0 Å². The second kappa shape index (κ2) is 9.68. The molecule has 1 heterocycles. The molecule has 5 heteroatoms. The van der Waals surface area contributed by atoms with E-state index < -0.39 is 8.56 Å². The third-order valence-electron chi connectivity index (χ3n) is 4.74. The highest BCUT2D eigenvalue weighted by Crippen LogP contribution is 2.31. The van der Waals surface area contributed by atoms with Crippen molar-refractivity contribution in [2.45, 2.75) is 39.7 Å². The van der Waals surface area contributed by atoms with Crippen molar-refractivity contribution >= 4 is 13.7 Å². The molecule has 1 aromatic rings. The van der Waals surface area contributed by atoms with Crippen LogP contribution < -0.4 is 5.19 Å². The second-order valence-electron chi connectivity index (χ2n) is 6.49. The Hall–Kier alpha value is -0.723. The van der Waals surface area contributed by atoms with Gasteiger partial charge >= 0.3 is 8.56 Å². The van der Waals surface area contributed by atoms with Gasteiger partial charge in [0.2, 0.25) is 0 Å². The van der Waals surface area contributed by atoms with Crippen LogP contribution in [0.5, 0.6) is 0 Å². The van der Waals surface area contributed by atoms with Gasteiger partial charge in [0.1, 0.15) is 0 Å². The fourth-order valence-corrected chi connectivity index (χ4v) is 6.37. The molecule has 0 N–H and O–H groups in total. The van der Waals surface area contributed by atoms with Gasteiger partial charge in [-0.05, 0) is 37.9 Å². The standard InChI is InChI=1S/C19H32O4Si/c1-4-19(16-21-17-19)15-20-13-10-14-24(22-5-2,23-6-3)18-11-8-7-9-12-18/h7-9,11-12H,4-6,10,13-17H2,1-3H3. The predicted octanol–water partition coefficient (Wildman–Crippen LogP) is 3.24. The molecule has 0 aliphatic carbocycles. The highest BCUT2D eigenvalue weighted by atomic mass is 28.4. The van der Waals surface area contributed by atoms with E-state index in [9.17, 15) is 0 Å². The number of hydrogen-bond donors (Lipinski definition) is 0. The molecule has 1 fully saturated rings. The minimum atomic E-state index is -2.37. The van der Waals surface area contributed by atoms with Crippen molar-refractivity contribution in [2.24, 2.45) is 5.41 Å². The first-order valence-electron chi connectivity index (χ1n) is 9.19. The Morgan fingerprint density at radius 2 is 1.71 bits per heavy atom. The zero-order chi connectivity index (χ0) is 17.3. The quantitative estimate of drug-likeness (QED) is 0.427. The third-order valence-corrected chi connectivity index (χ3v) is 8.47. The lowest BCUT2D eigenvalue weighted by molar-refractivity contribution is -0.150. The van der Waals surface area contributed by atoms with Gasteiger partial charge in [-0.3, -0.25) is 0 Å². The van der Waals surface area contributed by atoms with Gasteiger partial charge in [-0.1, -0.05) is 37.3 Å². The summed E-state index contributed by atoms with van der Waals surface area (Å²) in [5.41, 5.74) is 0.258. The summed E-state index contributed by atoms with van der Waals surface area (Å²) >= 11 is 0. The molecule has 24 heavy (non-hydrogen) atoms. The second-order valence-corrected chi connectivity index (χ2v) is 9.65. The van der Waals surface area contributed by atoms with Crippen molar-refractivity contribution in [1.29, 1.82) is 0 Å². The highest BCUT2D eigenvalue weighted by Gasteiger charge is 2.39. The van der Waals surface area contributed by atoms with Crippen LogP contribution in [0, 0.1) is 5.41 Å². The maximum absolute atomic E-state index is 6.20. The highest BCUT2D eigenvalue weighted by molar-refractivity contribution is 6.81. The zero-order valence-electron chi connectivity index (χ0n) is 15.4. The molecule has 1 aromatic carbocycles. The lowest BCUT2D eigenvalue weighted by Gasteiger charge is -2.40. The first-order valence-corrected chi connectivity index (χ1v) is 11.2. The molecule has 0 atom stereocenters. The Kier molecular flexibility index (Phi) is 7.91. The molecule has 1 aliphatic rings. The molecule has 0 unspecified atom stereocenters. The maximum atomic E-state index is 6.20. The summed E-state index contributed by atoms with van der Waals surface area (Å²) in [5.74, 6) is 0. The van der Waals surface area contributed by atoms with Crippen molar-refractivity contribution in [3.63, 3.8) is 0 Å². The SMILES string of the molecule is CCO[Si](CCCOCC1(CC)COC1)(OCC)c1ccccc1. The molecule has 0 aromatic heterocycles. The van der Waals surface area contributed by atoms with Gasteiger partial charge in [-0.2, -0.15) is 0 Å². The van der Waals surface area contributed by atoms with Crippen LogP contribution in [0.3, 0.4) is 0 Å². The van der Waals surface area contributed by atoms with E-state index in [2.05, 4.69) is 31.2 Å². The van der Waals surface area contributed by atoms with Gasteiger partial charge in [0.25, 0.3) is 0 Å². The number of hydrogen-bond acceptors (Lipinski definition) is 4. The van der Waals surface area contributed by atoms with Gasteiger partial charge in [0, 0.05) is 25.2 Å². The normalized spacial score (nSPS) is 16.8. The van der Waals surface area contributed by atoms with E-state index in [0.29, 0.717) is 13.2 Å². The molecule has 0 radical (unpaired) electrons. The van der Waals surface area contributed by atoms with Crippen LogP contribution in [0.4, 0.5) is 0 Å². The van der Waals surface area contributed by atoms with Crippen molar-refractivity contribution in [2.75, 3.05) is 39.6 Å². The molecule has 0 bridgehead atoms. The summed E-state index contributed by atoms with van der Waals surface area (Å²) in [6.07, 6.45) is 2.08. The van der Waals surface area contributed by atoms with Gasteiger partial charge in [0.15, 0.2) is 0 Å². The minimum Gasteiger partial charge on any atom is -0.391 e. The number of ether oxygens (including phenoxy) is 2. The summed E-state index contributed by atoms with van der Waals surface area (Å²) < 4.78 is 23.7. The van der Waals surface area contributed by atoms with Crippen LogP contribution in [0.1, 0.15) is 33.6 Å². The first kappa shape index (κ1) is 19.6. The topological polar surface area (TPSA) is 36.9 Å². The molecule has 136 valence electrons. The molecular formula is C19H32O4Si. The monoisotopic (exact) mass is 352 g/mol. The van der Waals surface area contributed by atoms with Gasteiger partial charge in [0.05, 0.1) is 19.8 Å². The fraction of sp³-hybridized carbons (Fsp3) is 0.684. The molecule has 1 aliphatic heterocycles. The van der Waals surface area contributed by atoms with Crippen LogP contribution in [-0.2, 0) is 18.3 Å². The summed E-state index contributed by atoms with van der Waals surface area (Å²) in [7, 11) is -2.37. The Morgan fingerprint density at radius 3 is 2.21 bits per heavy atom. The number of rotatable bonds is 12. The summed E-state index contributed by atoms with van der Waals surface area (Å²) in [5, 5.41) is 1.21. The molecule has 2 rings (SSSR count). The lowest BCUT2D eigenvalue weighted by Crippen LogP contribution is -2.54. The van der Waals surface area contributed by atoms with Crippen molar-refractivity contribution in [3.05, 3.63) is 30.3 Å². The summed E-state index contributed by atoms with van der Waals surface area (Å²) in [6, 6.07) is 11.4. The van der Waals surface area contributed by atoms with Crippen LogP contribution in [0.25, 0.3) is 0 Å². The molecule has 0 saturated carbocycles. The van der Waals surface area contributed by atoms with Gasteiger partial charge in [-0.15, -0.1) is 0 Å². The van der Waals surface area contributed by atoms with Crippen LogP contribution >= 0.6 is 0 Å². The first-order chi connectivity index (χ1) is 11.7. The Balaban J connectivity index is 1.88. The molecule has 1 saturated heterocycles. The molecule has 0 amide bonds. The maximum Gasteiger partial charge on any atom is 0.372 e.